The Morgan fingerprint density at radius 3 is 2.49 bits per heavy atom. The second-order valence-electron chi connectivity index (χ2n) is 7.67. The van der Waals surface area contributed by atoms with E-state index in [9.17, 15) is 18.5 Å². The number of ether oxygens (including phenoxy) is 2. The molecular formula is C24H24N4O5S2. The van der Waals surface area contributed by atoms with Crippen LogP contribution < -0.4 is 14.8 Å². The topological polar surface area (TPSA) is 131 Å². The molecule has 0 unspecified atom stereocenters. The van der Waals surface area contributed by atoms with Crippen molar-refractivity contribution >= 4 is 38.5 Å². The smallest absolute Gasteiger partial charge is 0.268 e. The molecule has 0 bridgehead atoms. The van der Waals surface area contributed by atoms with Gasteiger partial charge in [0.1, 0.15) is 23.1 Å². The average molecular weight is 513 g/mol. The normalized spacial score (nSPS) is 11.5. The van der Waals surface area contributed by atoms with Gasteiger partial charge in [0.15, 0.2) is 0 Å². The van der Waals surface area contributed by atoms with Crippen LogP contribution in [0.15, 0.2) is 53.2 Å². The molecule has 1 N–H and O–H groups in total. The van der Waals surface area contributed by atoms with Crippen LogP contribution in [0.4, 0.5) is 5.13 Å². The zero-order valence-corrected chi connectivity index (χ0v) is 21.1. The molecule has 0 aliphatic rings. The average Bonchev–Trinajstić information content (AvgIpc) is 3.28. The number of benzene rings is 2. The zero-order chi connectivity index (χ0) is 25.4. The van der Waals surface area contributed by atoms with Crippen LogP contribution >= 0.6 is 11.5 Å². The second-order valence-corrected chi connectivity index (χ2v) is 10.3. The van der Waals surface area contributed by atoms with Crippen LogP contribution in [0.1, 0.15) is 23.1 Å². The zero-order valence-electron chi connectivity index (χ0n) is 19.4. The highest BCUT2D eigenvalue weighted by Crippen LogP contribution is 2.20. The summed E-state index contributed by atoms with van der Waals surface area (Å²) in [6.45, 7) is 5.07. The first-order valence-corrected chi connectivity index (χ1v) is 13.2. The van der Waals surface area contributed by atoms with Gasteiger partial charge in [0, 0.05) is 24.2 Å². The van der Waals surface area contributed by atoms with Crippen molar-refractivity contribution in [2.75, 3.05) is 24.8 Å². The van der Waals surface area contributed by atoms with E-state index in [1.54, 1.807) is 24.3 Å². The number of rotatable bonds is 10. The number of amides is 1. The van der Waals surface area contributed by atoms with Crippen LogP contribution in [0.5, 0.6) is 11.5 Å². The van der Waals surface area contributed by atoms with E-state index >= 15 is 0 Å². The molecule has 0 atom stereocenters. The van der Waals surface area contributed by atoms with E-state index in [1.807, 2.05) is 32.0 Å². The SMILES string of the molecule is Cc1ccc(OCCCOc2ccc(/C=C(/C#N)C(=O)Nc3nc(S(C)(=O)=O)ns3)cc2)c(C)c1. The van der Waals surface area contributed by atoms with E-state index in [4.69, 9.17) is 9.47 Å². The van der Waals surface area contributed by atoms with Gasteiger partial charge in [-0.05, 0) is 49.2 Å². The van der Waals surface area contributed by atoms with Gasteiger partial charge in [-0.1, -0.05) is 29.8 Å². The molecule has 0 fully saturated rings. The third kappa shape index (κ3) is 7.63. The molecule has 0 aliphatic carbocycles. The molecule has 0 spiro atoms. The van der Waals surface area contributed by atoms with E-state index in [0.717, 1.165) is 29.1 Å². The number of aryl methyl sites for hydroxylation is 2. The maximum absolute atomic E-state index is 12.4. The molecule has 0 aliphatic heterocycles. The van der Waals surface area contributed by atoms with E-state index < -0.39 is 15.7 Å². The Hall–Kier alpha value is -3.75. The quantitative estimate of drug-likeness (QED) is 0.245. The minimum Gasteiger partial charge on any atom is -0.493 e. The van der Waals surface area contributed by atoms with Crippen molar-refractivity contribution in [1.29, 1.82) is 5.26 Å². The fraction of sp³-hybridized carbons (Fsp3) is 0.250. The predicted molar refractivity (Wildman–Crippen MR) is 133 cm³/mol. The Balaban J connectivity index is 1.50. The molecule has 0 radical (unpaired) electrons. The molecule has 3 aromatic rings. The highest BCUT2D eigenvalue weighted by atomic mass is 32.2. The van der Waals surface area contributed by atoms with Crippen LogP contribution in [-0.4, -0.2) is 43.2 Å². The van der Waals surface area contributed by atoms with E-state index in [2.05, 4.69) is 20.7 Å². The highest BCUT2D eigenvalue weighted by Gasteiger charge is 2.17. The van der Waals surface area contributed by atoms with Gasteiger partial charge in [-0.2, -0.15) is 14.6 Å². The van der Waals surface area contributed by atoms with E-state index in [1.165, 1.54) is 11.6 Å². The summed E-state index contributed by atoms with van der Waals surface area (Å²) in [4.78, 5) is 16.1. The summed E-state index contributed by atoms with van der Waals surface area (Å²) in [5.41, 5.74) is 2.75. The first-order valence-electron chi connectivity index (χ1n) is 10.6. The lowest BCUT2D eigenvalue weighted by atomic mass is 10.1. The lowest BCUT2D eigenvalue weighted by molar-refractivity contribution is -0.112. The summed E-state index contributed by atoms with van der Waals surface area (Å²) in [5, 5.41) is 11.4. The molecule has 0 saturated heterocycles. The molecule has 35 heavy (non-hydrogen) atoms. The number of nitriles is 1. The van der Waals surface area contributed by atoms with Gasteiger partial charge in [-0.15, -0.1) is 0 Å². The number of carbonyl (C=O) groups excluding carboxylic acids is 1. The van der Waals surface area contributed by atoms with E-state index in [-0.39, 0.29) is 15.9 Å². The summed E-state index contributed by atoms with van der Waals surface area (Å²) in [6.07, 6.45) is 3.09. The summed E-state index contributed by atoms with van der Waals surface area (Å²) in [6, 6.07) is 14.8. The molecule has 11 heteroatoms. The Bertz CT molecular complexity index is 1370. The Morgan fingerprint density at radius 1 is 1.14 bits per heavy atom. The van der Waals surface area contributed by atoms with Crippen molar-refractivity contribution in [3.05, 3.63) is 64.7 Å². The third-order valence-corrected chi connectivity index (χ3v) is 6.25. The van der Waals surface area contributed by atoms with Crippen LogP contribution in [0.3, 0.4) is 0 Å². The number of hydrogen-bond acceptors (Lipinski definition) is 9. The van der Waals surface area contributed by atoms with Crippen molar-refractivity contribution in [2.24, 2.45) is 0 Å². The molecule has 9 nitrogen and oxygen atoms in total. The molecule has 1 aromatic heterocycles. The number of aromatic nitrogens is 2. The lowest BCUT2D eigenvalue weighted by Crippen LogP contribution is -2.13. The summed E-state index contributed by atoms with van der Waals surface area (Å²) < 4.78 is 38.1. The Labute approximate surface area is 208 Å². The number of hydrogen-bond donors (Lipinski definition) is 1. The van der Waals surface area contributed by atoms with Crippen LogP contribution in [0.2, 0.25) is 0 Å². The summed E-state index contributed by atoms with van der Waals surface area (Å²) in [7, 11) is -3.58. The lowest BCUT2D eigenvalue weighted by Gasteiger charge is -2.10. The molecule has 0 saturated carbocycles. The van der Waals surface area contributed by atoms with Gasteiger partial charge in [0.25, 0.3) is 11.1 Å². The molecule has 2 aromatic carbocycles. The summed E-state index contributed by atoms with van der Waals surface area (Å²) >= 11 is 0.717. The van der Waals surface area contributed by atoms with Gasteiger partial charge < -0.3 is 9.47 Å². The predicted octanol–water partition coefficient (Wildman–Crippen LogP) is 3.95. The molecule has 1 heterocycles. The fourth-order valence-electron chi connectivity index (χ4n) is 2.94. The molecule has 182 valence electrons. The maximum Gasteiger partial charge on any atom is 0.268 e. The number of sulfone groups is 1. The first kappa shape index (κ1) is 25.9. The highest BCUT2D eigenvalue weighted by molar-refractivity contribution is 7.90. The van der Waals surface area contributed by atoms with Gasteiger partial charge in [0.2, 0.25) is 15.0 Å². The van der Waals surface area contributed by atoms with Crippen molar-refractivity contribution in [3.63, 3.8) is 0 Å². The minimum atomic E-state index is -3.58. The van der Waals surface area contributed by atoms with Crippen LogP contribution in [-0.2, 0) is 14.6 Å². The molecule has 3 rings (SSSR count). The van der Waals surface area contributed by atoms with Crippen LogP contribution in [0, 0.1) is 25.2 Å². The van der Waals surface area contributed by atoms with Gasteiger partial charge in [0.05, 0.1) is 13.2 Å². The van der Waals surface area contributed by atoms with Crippen molar-refractivity contribution in [3.8, 4) is 17.6 Å². The van der Waals surface area contributed by atoms with E-state index in [0.29, 0.717) is 30.9 Å². The maximum atomic E-state index is 12.4. The number of nitrogens with one attached hydrogen (secondary N) is 1. The Kier molecular flexibility index (Phi) is 8.57. The third-order valence-electron chi connectivity index (χ3n) is 4.66. The number of nitrogens with zero attached hydrogens (tertiary/aromatic N) is 3. The fourth-order valence-corrected chi connectivity index (χ4v) is 4.38. The van der Waals surface area contributed by atoms with Crippen LogP contribution in [0.25, 0.3) is 6.08 Å². The summed E-state index contributed by atoms with van der Waals surface area (Å²) in [5.74, 6) is 0.803. The standard InChI is InChI=1S/C24H24N4O5S2/c1-16-5-10-21(17(2)13-16)33-12-4-11-32-20-8-6-18(7-9-20)14-19(15-25)22(29)26-23-27-24(28-34-23)35(3,30)31/h5-10,13-14H,4,11-12H2,1-3H3,(H,26,27,28,29)/b19-14-. The number of carbonyl (C=O) groups is 1. The van der Waals surface area contributed by atoms with Crippen molar-refractivity contribution < 1.29 is 22.7 Å². The minimum absolute atomic E-state index is 0.0122. The first-order chi connectivity index (χ1) is 16.7. The number of anilines is 1. The van der Waals surface area contributed by atoms with Gasteiger partial charge in [-0.25, -0.2) is 8.42 Å². The van der Waals surface area contributed by atoms with Gasteiger partial charge in [-0.3, -0.25) is 10.1 Å². The van der Waals surface area contributed by atoms with Crippen molar-refractivity contribution in [2.45, 2.75) is 25.4 Å². The Morgan fingerprint density at radius 2 is 1.86 bits per heavy atom. The largest absolute Gasteiger partial charge is 0.493 e. The van der Waals surface area contributed by atoms with Crippen molar-refractivity contribution in [1.82, 2.24) is 9.36 Å². The molecule has 1 amide bonds. The monoisotopic (exact) mass is 512 g/mol. The molecular weight excluding hydrogens is 488 g/mol. The van der Waals surface area contributed by atoms with Gasteiger partial charge >= 0.3 is 0 Å². The second kappa shape index (κ2) is 11.6.